The molecule has 2 rings (SSSR count). The third kappa shape index (κ3) is 2.94. The van der Waals surface area contributed by atoms with Gasteiger partial charge in [0.1, 0.15) is 17.3 Å². The summed E-state index contributed by atoms with van der Waals surface area (Å²) in [6, 6.07) is 5.35. The normalized spacial score (nSPS) is 11.0. The number of aryl methyl sites for hydroxylation is 1. The van der Waals surface area contributed by atoms with Gasteiger partial charge < -0.3 is 10.3 Å². The summed E-state index contributed by atoms with van der Waals surface area (Å²) in [4.78, 5) is 4.69. The van der Waals surface area contributed by atoms with Crippen molar-refractivity contribution in [2.24, 2.45) is 0 Å². The van der Waals surface area contributed by atoms with E-state index in [2.05, 4.69) is 23.4 Å². The topological polar surface area (TPSA) is 43.8 Å². The van der Waals surface area contributed by atoms with Crippen LogP contribution in [0.2, 0.25) is 10.0 Å². The molecule has 0 radical (unpaired) electrons. The Morgan fingerprint density at radius 1 is 1.20 bits per heavy atom. The molecule has 0 fully saturated rings. The highest BCUT2D eigenvalue weighted by molar-refractivity contribution is 6.35. The Kier molecular flexibility index (Phi) is 4.95. The van der Waals surface area contributed by atoms with Crippen molar-refractivity contribution in [1.82, 2.24) is 9.55 Å². The molecule has 3 nitrogen and oxygen atoms in total. The third-order valence-corrected chi connectivity index (χ3v) is 3.75. The molecule has 0 amide bonds. The Morgan fingerprint density at radius 2 is 1.95 bits per heavy atom. The smallest absolute Gasteiger partial charge is 0.131 e. The van der Waals surface area contributed by atoms with Gasteiger partial charge >= 0.3 is 0 Å². The molecular formula is C15H19Cl2N3. The summed E-state index contributed by atoms with van der Waals surface area (Å²) >= 11 is 12.3. The Balaban J connectivity index is 2.56. The van der Waals surface area contributed by atoms with Gasteiger partial charge in [0.15, 0.2) is 0 Å². The fourth-order valence-corrected chi connectivity index (χ4v) is 2.66. The maximum atomic E-state index is 6.27. The zero-order chi connectivity index (χ0) is 14.7. The van der Waals surface area contributed by atoms with Crippen LogP contribution in [0.4, 0.5) is 5.82 Å². The highest BCUT2D eigenvalue weighted by atomic mass is 35.5. The van der Waals surface area contributed by atoms with Crippen LogP contribution in [0.3, 0.4) is 0 Å². The van der Waals surface area contributed by atoms with Crippen molar-refractivity contribution in [3.63, 3.8) is 0 Å². The molecule has 1 aromatic heterocycles. The van der Waals surface area contributed by atoms with Gasteiger partial charge in [-0.05, 0) is 31.0 Å². The molecule has 108 valence electrons. The van der Waals surface area contributed by atoms with Crippen molar-refractivity contribution < 1.29 is 0 Å². The number of halogens is 2. The molecule has 0 spiro atoms. The van der Waals surface area contributed by atoms with E-state index in [0.717, 1.165) is 42.9 Å². The van der Waals surface area contributed by atoms with Crippen LogP contribution in [0.5, 0.6) is 0 Å². The van der Waals surface area contributed by atoms with Gasteiger partial charge in [-0.1, -0.05) is 37.0 Å². The zero-order valence-electron chi connectivity index (χ0n) is 11.8. The van der Waals surface area contributed by atoms with Gasteiger partial charge in [-0.15, -0.1) is 0 Å². The molecule has 0 saturated heterocycles. The lowest BCUT2D eigenvalue weighted by Crippen LogP contribution is -2.06. The van der Waals surface area contributed by atoms with Crippen LogP contribution >= 0.6 is 23.2 Å². The van der Waals surface area contributed by atoms with Crippen molar-refractivity contribution in [1.29, 1.82) is 0 Å². The van der Waals surface area contributed by atoms with Gasteiger partial charge in [0.05, 0.1) is 5.02 Å². The first kappa shape index (κ1) is 15.2. The molecule has 0 aliphatic rings. The highest BCUT2D eigenvalue weighted by Gasteiger charge is 2.17. The minimum absolute atomic E-state index is 0.616. The molecule has 0 aliphatic carbocycles. The number of nitrogen functional groups attached to an aromatic ring is 1. The van der Waals surface area contributed by atoms with E-state index < -0.39 is 0 Å². The van der Waals surface area contributed by atoms with Crippen LogP contribution in [0.25, 0.3) is 11.3 Å². The standard InChI is InChI=1S/C15H19Cl2N3/c1-3-5-13-19-14(15(18)20(13)8-4-2)11-9-10(16)6-7-12(11)17/h6-7,9H,3-5,8,18H2,1-2H3. The van der Waals surface area contributed by atoms with Gasteiger partial charge in [0.2, 0.25) is 0 Å². The van der Waals surface area contributed by atoms with Gasteiger partial charge in [0.25, 0.3) is 0 Å². The number of anilines is 1. The van der Waals surface area contributed by atoms with Crippen LogP contribution in [-0.4, -0.2) is 9.55 Å². The number of benzene rings is 1. The second-order valence-corrected chi connectivity index (χ2v) is 5.63. The molecule has 1 heterocycles. The number of imidazole rings is 1. The third-order valence-electron chi connectivity index (χ3n) is 3.19. The first-order chi connectivity index (χ1) is 9.58. The average Bonchev–Trinajstić information content (AvgIpc) is 2.71. The van der Waals surface area contributed by atoms with Crippen LogP contribution in [0, 0.1) is 0 Å². The van der Waals surface area contributed by atoms with Gasteiger partial charge in [-0.3, -0.25) is 0 Å². The Labute approximate surface area is 129 Å². The molecular weight excluding hydrogens is 293 g/mol. The second-order valence-electron chi connectivity index (χ2n) is 4.79. The second kappa shape index (κ2) is 6.51. The predicted octanol–water partition coefficient (Wildman–Crippen LogP) is 4.80. The lowest BCUT2D eigenvalue weighted by Gasteiger charge is -2.08. The summed E-state index contributed by atoms with van der Waals surface area (Å²) in [6.45, 7) is 5.13. The van der Waals surface area contributed by atoms with E-state index in [1.54, 1.807) is 12.1 Å². The van der Waals surface area contributed by atoms with Crippen LogP contribution in [-0.2, 0) is 13.0 Å². The zero-order valence-corrected chi connectivity index (χ0v) is 13.3. The summed E-state index contributed by atoms with van der Waals surface area (Å²) in [6.07, 6.45) is 2.95. The van der Waals surface area contributed by atoms with Gasteiger partial charge in [-0.25, -0.2) is 4.98 Å². The van der Waals surface area contributed by atoms with Crippen molar-refractivity contribution >= 4 is 29.0 Å². The lowest BCUT2D eigenvalue weighted by atomic mass is 10.1. The number of hydrogen-bond donors (Lipinski definition) is 1. The van der Waals surface area contributed by atoms with Crippen molar-refractivity contribution in [3.8, 4) is 11.3 Å². The maximum absolute atomic E-state index is 6.27. The summed E-state index contributed by atoms with van der Waals surface area (Å²) in [7, 11) is 0. The van der Waals surface area contributed by atoms with E-state index in [9.17, 15) is 0 Å². The monoisotopic (exact) mass is 311 g/mol. The van der Waals surface area contributed by atoms with E-state index in [1.807, 2.05) is 6.07 Å². The lowest BCUT2D eigenvalue weighted by molar-refractivity contribution is 0.637. The number of rotatable bonds is 5. The van der Waals surface area contributed by atoms with Crippen molar-refractivity contribution in [2.75, 3.05) is 5.73 Å². The summed E-state index contributed by atoms with van der Waals surface area (Å²) in [5.41, 5.74) is 7.80. The van der Waals surface area contributed by atoms with E-state index >= 15 is 0 Å². The van der Waals surface area contributed by atoms with Gasteiger partial charge in [-0.2, -0.15) is 0 Å². The summed E-state index contributed by atoms with van der Waals surface area (Å²) < 4.78 is 2.08. The SMILES string of the molecule is CCCc1nc(-c2cc(Cl)ccc2Cl)c(N)n1CCC. The Hall–Kier alpha value is -1.19. The number of nitrogens with two attached hydrogens (primary N) is 1. The van der Waals surface area contributed by atoms with E-state index in [1.165, 1.54) is 0 Å². The minimum Gasteiger partial charge on any atom is -0.383 e. The number of nitrogens with zero attached hydrogens (tertiary/aromatic N) is 2. The van der Waals surface area contributed by atoms with Gasteiger partial charge in [0, 0.05) is 23.6 Å². The number of aromatic nitrogens is 2. The van der Waals surface area contributed by atoms with Crippen LogP contribution < -0.4 is 5.73 Å². The number of hydrogen-bond acceptors (Lipinski definition) is 2. The summed E-state index contributed by atoms with van der Waals surface area (Å²) in [5, 5.41) is 1.25. The maximum Gasteiger partial charge on any atom is 0.131 e. The molecule has 0 aliphatic heterocycles. The van der Waals surface area contributed by atoms with Crippen molar-refractivity contribution in [3.05, 3.63) is 34.1 Å². The molecule has 1 aromatic carbocycles. The first-order valence-corrected chi connectivity index (χ1v) is 7.64. The molecule has 5 heteroatoms. The Morgan fingerprint density at radius 3 is 2.60 bits per heavy atom. The molecule has 0 bridgehead atoms. The van der Waals surface area contributed by atoms with E-state index in [4.69, 9.17) is 28.9 Å². The van der Waals surface area contributed by atoms with Crippen LogP contribution in [0.15, 0.2) is 18.2 Å². The first-order valence-electron chi connectivity index (χ1n) is 6.88. The highest BCUT2D eigenvalue weighted by Crippen LogP contribution is 2.34. The van der Waals surface area contributed by atoms with E-state index in [-0.39, 0.29) is 0 Å². The summed E-state index contributed by atoms with van der Waals surface area (Å²) in [5.74, 6) is 1.68. The minimum atomic E-state index is 0.616. The molecule has 0 unspecified atom stereocenters. The average molecular weight is 312 g/mol. The van der Waals surface area contributed by atoms with Crippen molar-refractivity contribution in [2.45, 2.75) is 39.7 Å². The molecule has 0 saturated carbocycles. The molecule has 2 aromatic rings. The quantitative estimate of drug-likeness (QED) is 0.861. The fraction of sp³-hybridized carbons (Fsp3) is 0.400. The molecule has 20 heavy (non-hydrogen) atoms. The molecule has 2 N–H and O–H groups in total. The fourth-order valence-electron chi connectivity index (χ4n) is 2.28. The predicted molar refractivity (Wildman–Crippen MR) is 86.4 cm³/mol. The molecule has 0 atom stereocenters. The Bertz CT molecular complexity index is 605. The van der Waals surface area contributed by atoms with E-state index in [0.29, 0.717) is 15.9 Å². The largest absolute Gasteiger partial charge is 0.383 e. The van der Waals surface area contributed by atoms with Crippen LogP contribution in [0.1, 0.15) is 32.5 Å².